The second-order valence-electron chi connectivity index (χ2n) is 3.92. The van der Waals surface area contributed by atoms with Crippen LogP contribution in [0, 0.1) is 0 Å². The summed E-state index contributed by atoms with van der Waals surface area (Å²) >= 11 is 0. The molecule has 1 rings (SSSR count). The van der Waals surface area contributed by atoms with Gasteiger partial charge in [-0.25, -0.2) is 0 Å². The second kappa shape index (κ2) is 7.49. The van der Waals surface area contributed by atoms with Crippen molar-refractivity contribution < 1.29 is 18.3 Å². The van der Waals surface area contributed by atoms with E-state index in [-0.39, 0.29) is 0 Å². The summed E-state index contributed by atoms with van der Waals surface area (Å²) in [4.78, 5) is 0. The van der Waals surface area contributed by atoms with Gasteiger partial charge in [-0.2, -0.15) is 0 Å². The monoisotopic (exact) mass is 284 g/mol. The normalized spacial score (nSPS) is 12.5. The van der Waals surface area contributed by atoms with Gasteiger partial charge in [0.05, 0.1) is 20.3 Å². The SMILES string of the molecule is CCOP(=O)(/C=C(\C)c1ccc(OC)cc1)OCC. The lowest BCUT2D eigenvalue weighted by Gasteiger charge is -2.14. The lowest BCUT2D eigenvalue weighted by Crippen LogP contribution is -1.94. The molecule has 0 saturated heterocycles. The van der Waals surface area contributed by atoms with Crippen LogP contribution in [0.3, 0.4) is 0 Å². The molecule has 4 nitrogen and oxygen atoms in total. The van der Waals surface area contributed by atoms with E-state index >= 15 is 0 Å². The molecule has 106 valence electrons. The van der Waals surface area contributed by atoms with Crippen molar-refractivity contribution >= 4 is 13.2 Å². The van der Waals surface area contributed by atoms with Crippen molar-refractivity contribution in [1.82, 2.24) is 0 Å². The van der Waals surface area contributed by atoms with E-state index in [0.29, 0.717) is 13.2 Å². The van der Waals surface area contributed by atoms with Crippen LogP contribution in [-0.4, -0.2) is 20.3 Å². The van der Waals surface area contributed by atoms with Crippen molar-refractivity contribution in [2.75, 3.05) is 20.3 Å². The minimum absolute atomic E-state index is 0.351. The molecule has 0 spiro atoms. The first-order chi connectivity index (χ1) is 9.04. The molecule has 0 N–H and O–H groups in total. The molecule has 5 heteroatoms. The van der Waals surface area contributed by atoms with Gasteiger partial charge in [0.1, 0.15) is 5.75 Å². The summed E-state index contributed by atoms with van der Waals surface area (Å²) in [6, 6.07) is 7.54. The fourth-order valence-electron chi connectivity index (χ4n) is 1.64. The van der Waals surface area contributed by atoms with E-state index in [0.717, 1.165) is 16.9 Å². The van der Waals surface area contributed by atoms with Gasteiger partial charge in [0.2, 0.25) is 0 Å². The van der Waals surface area contributed by atoms with E-state index in [1.54, 1.807) is 26.8 Å². The highest BCUT2D eigenvalue weighted by molar-refractivity contribution is 7.57. The predicted molar refractivity (Wildman–Crippen MR) is 77.5 cm³/mol. The topological polar surface area (TPSA) is 44.8 Å². The fourth-order valence-corrected chi connectivity index (χ4v) is 3.20. The third-order valence-corrected chi connectivity index (χ3v) is 4.45. The van der Waals surface area contributed by atoms with Gasteiger partial charge in [-0.05, 0) is 44.0 Å². The summed E-state index contributed by atoms with van der Waals surface area (Å²) in [7, 11) is -1.53. The predicted octanol–water partition coefficient (Wildman–Crippen LogP) is 4.32. The van der Waals surface area contributed by atoms with Crippen LogP contribution in [0.4, 0.5) is 0 Å². The molecule has 0 atom stereocenters. The van der Waals surface area contributed by atoms with Gasteiger partial charge in [0, 0.05) is 5.82 Å². The molecular formula is C14H21O4P. The first-order valence-corrected chi connectivity index (χ1v) is 7.88. The zero-order valence-corrected chi connectivity index (χ0v) is 12.8. The van der Waals surface area contributed by atoms with Crippen LogP contribution in [0.5, 0.6) is 5.75 Å². The van der Waals surface area contributed by atoms with E-state index in [2.05, 4.69) is 0 Å². The lowest BCUT2D eigenvalue weighted by molar-refractivity contribution is 0.229. The van der Waals surface area contributed by atoms with Gasteiger partial charge in [0.25, 0.3) is 0 Å². The zero-order valence-electron chi connectivity index (χ0n) is 11.9. The van der Waals surface area contributed by atoms with E-state index < -0.39 is 7.60 Å². The van der Waals surface area contributed by atoms with Gasteiger partial charge in [-0.1, -0.05) is 12.1 Å². The van der Waals surface area contributed by atoms with Crippen molar-refractivity contribution in [2.45, 2.75) is 20.8 Å². The Hall–Kier alpha value is -1.09. The molecule has 1 aromatic rings. The zero-order chi connectivity index (χ0) is 14.3. The Bertz CT molecular complexity index is 455. The van der Waals surface area contributed by atoms with Crippen LogP contribution in [0.2, 0.25) is 0 Å². The Morgan fingerprint density at radius 1 is 1.16 bits per heavy atom. The summed E-state index contributed by atoms with van der Waals surface area (Å²) in [6.45, 7) is 6.17. The first-order valence-electron chi connectivity index (χ1n) is 6.27. The standard InChI is InChI=1S/C14H21O4P/c1-5-17-19(15,18-6-2)11-12(3)13-7-9-14(16-4)10-8-13/h7-11H,5-6H2,1-4H3/b12-11+. The highest BCUT2D eigenvalue weighted by Gasteiger charge is 2.20. The van der Waals surface area contributed by atoms with Crippen molar-refractivity contribution in [2.24, 2.45) is 0 Å². The van der Waals surface area contributed by atoms with E-state index in [9.17, 15) is 4.57 Å². The van der Waals surface area contributed by atoms with Gasteiger partial charge < -0.3 is 13.8 Å². The molecule has 0 heterocycles. The highest BCUT2D eigenvalue weighted by atomic mass is 31.2. The molecule has 0 aliphatic heterocycles. The van der Waals surface area contributed by atoms with Gasteiger partial charge >= 0.3 is 7.60 Å². The molecule has 0 fully saturated rings. The summed E-state index contributed by atoms with van der Waals surface area (Å²) in [6.07, 6.45) is 0. The minimum Gasteiger partial charge on any atom is -0.497 e. The lowest BCUT2D eigenvalue weighted by atomic mass is 10.1. The third kappa shape index (κ3) is 4.83. The minimum atomic E-state index is -3.15. The highest BCUT2D eigenvalue weighted by Crippen LogP contribution is 2.51. The maximum atomic E-state index is 12.4. The molecule has 0 radical (unpaired) electrons. The molecule has 1 aromatic carbocycles. The van der Waals surface area contributed by atoms with Crippen LogP contribution in [0.1, 0.15) is 26.3 Å². The van der Waals surface area contributed by atoms with Crippen molar-refractivity contribution in [3.63, 3.8) is 0 Å². The molecule has 0 saturated carbocycles. The quantitative estimate of drug-likeness (QED) is 0.699. The Morgan fingerprint density at radius 2 is 1.68 bits per heavy atom. The Kier molecular flexibility index (Phi) is 6.29. The summed E-state index contributed by atoms with van der Waals surface area (Å²) in [5, 5.41) is 0. The first kappa shape index (κ1) is 16.0. The van der Waals surface area contributed by atoms with Crippen molar-refractivity contribution in [3.8, 4) is 5.75 Å². The Balaban J connectivity index is 2.97. The molecule has 0 unspecified atom stereocenters. The van der Waals surface area contributed by atoms with Crippen molar-refractivity contribution in [3.05, 3.63) is 35.6 Å². The van der Waals surface area contributed by atoms with Crippen LogP contribution in [0.15, 0.2) is 30.1 Å². The maximum Gasteiger partial charge on any atom is 0.354 e. The number of rotatable bonds is 7. The van der Waals surface area contributed by atoms with Crippen molar-refractivity contribution in [1.29, 1.82) is 0 Å². The Morgan fingerprint density at radius 3 is 2.11 bits per heavy atom. The number of ether oxygens (including phenoxy) is 1. The third-order valence-electron chi connectivity index (χ3n) is 2.52. The van der Waals surface area contributed by atoms with Crippen LogP contribution < -0.4 is 4.74 Å². The largest absolute Gasteiger partial charge is 0.497 e. The maximum absolute atomic E-state index is 12.4. The summed E-state index contributed by atoms with van der Waals surface area (Å²) in [5.74, 6) is 2.36. The average molecular weight is 284 g/mol. The number of benzene rings is 1. The second-order valence-corrected chi connectivity index (χ2v) is 5.77. The molecule has 0 bridgehead atoms. The summed E-state index contributed by atoms with van der Waals surface area (Å²) < 4.78 is 28.0. The van der Waals surface area contributed by atoms with Crippen LogP contribution in [-0.2, 0) is 13.6 Å². The molecular weight excluding hydrogens is 263 g/mol. The van der Waals surface area contributed by atoms with E-state index in [4.69, 9.17) is 13.8 Å². The van der Waals surface area contributed by atoms with E-state index in [1.807, 2.05) is 31.2 Å². The smallest absolute Gasteiger partial charge is 0.354 e. The van der Waals surface area contributed by atoms with Gasteiger partial charge in [0.15, 0.2) is 0 Å². The molecule has 0 aliphatic rings. The summed E-state index contributed by atoms with van der Waals surface area (Å²) in [5.41, 5.74) is 1.81. The Labute approximate surface area is 114 Å². The van der Waals surface area contributed by atoms with Gasteiger partial charge in [-0.3, -0.25) is 4.57 Å². The molecule has 0 aromatic heterocycles. The van der Waals surface area contributed by atoms with E-state index in [1.165, 1.54) is 0 Å². The molecule has 0 amide bonds. The molecule has 0 aliphatic carbocycles. The number of hydrogen-bond donors (Lipinski definition) is 0. The number of hydrogen-bond acceptors (Lipinski definition) is 4. The average Bonchev–Trinajstić information content (AvgIpc) is 2.39. The number of methoxy groups -OCH3 is 1. The fraction of sp³-hybridized carbons (Fsp3) is 0.429. The van der Waals surface area contributed by atoms with Gasteiger partial charge in [-0.15, -0.1) is 0 Å². The van der Waals surface area contributed by atoms with Crippen LogP contribution in [0.25, 0.3) is 5.57 Å². The number of allylic oxidation sites excluding steroid dienone is 1. The van der Waals surface area contributed by atoms with Crippen LogP contribution >= 0.6 is 7.60 Å². The molecule has 19 heavy (non-hydrogen) atoms.